The number of fused-ring (bicyclic) bond motifs is 1. The molecular weight excluding hydrogens is 280 g/mol. The monoisotopic (exact) mass is 310 g/mol. The van der Waals surface area contributed by atoms with Crippen molar-refractivity contribution >= 4 is 6.09 Å². The van der Waals surface area contributed by atoms with E-state index in [0.717, 1.165) is 25.9 Å². The lowest BCUT2D eigenvalue weighted by atomic mass is 9.71. The van der Waals surface area contributed by atoms with E-state index in [1.165, 1.54) is 0 Å². The minimum atomic E-state index is -0.473. The van der Waals surface area contributed by atoms with Gasteiger partial charge < -0.3 is 20.1 Å². The Labute approximate surface area is 133 Å². The van der Waals surface area contributed by atoms with E-state index in [-0.39, 0.29) is 24.3 Å². The van der Waals surface area contributed by atoms with Gasteiger partial charge in [0, 0.05) is 18.6 Å². The highest BCUT2D eigenvalue weighted by Crippen LogP contribution is 2.39. The van der Waals surface area contributed by atoms with Crippen molar-refractivity contribution in [3.8, 4) is 0 Å². The first kappa shape index (κ1) is 17.3. The highest BCUT2D eigenvalue weighted by Gasteiger charge is 2.54. The van der Waals surface area contributed by atoms with Crippen molar-refractivity contribution in [3.63, 3.8) is 0 Å². The Balaban J connectivity index is 1.89. The Bertz CT molecular complexity index is 405. The molecule has 5 unspecified atom stereocenters. The second-order valence-corrected chi connectivity index (χ2v) is 7.42. The van der Waals surface area contributed by atoms with E-state index in [2.05, 4.69) is 24.1 Å². The van der Waals surface area contributed by atoms with Gasteiger partial charge in [-0.1, -0.05) is 6.08 Å². The van der Waals surface area contributed by atoms with Crippen LogP contribution < -0.4 is 10.6 Å². The third kappa shape index (κ3) is 4.23. The standard InChI is InChI=1S/C17H30N2O3/c1-6-7-8-11(2)18-14-13(12-9-10-21-15(12)14)19-16(20)22-17(3,4)5/h6,11-15,18H,1,7-10H2,2-5H3,(H,19,20). The number of nitrogens with one attached hydrogen (secondary N) is 2. The summed E-state index contributed by atoms with van der Waals surface area (Å²) in [5.41, 5.74) is -0.473. The molecule has 1 aliphatic heterocycles. The fourth-order valence-electron chi connectivity index (χ4n) is 3.33. The van der Waals surface area contributed by atoms with E-state index in [4.69, 9.17) is 9.47 Å². The number of amides is 1. The summed E-state index contributed by atoms with van der Waals surface area (Å²) in [5, 5.41) is 6.63. The summed E-state index contributed by atoms with van der Waals surface area (Å²) in [7, 11) is 0. The van der Waals surface area contributed by atoms with Gasteiger partial charge in [-0.3, -0.25) is 0 Å². The van der Waals surface area contributed by atoms with E-state index in [1.807, 2.05) is 26.8 Å². The highest BCUT2D eigenvalue weighted by molar-refractivity contribution is 5.68. The lowest BCUT2D eigenvalue weighted by Crippen LogP contribution is -2.71. The van der Waals surface area contributed by atoms with Crippen molar-refractivity contribution in [1.82, 2.24) is 10.6 Å². The van der Waals surface area contributed by atoms with Crippen LogP contribution in [-0.4, -0.2) is 42.5 Å². The maximum absolute atomic E-state index is 12.0. The van der Waals surface area contributed by atoms with Crippen LogP contribution in [0.15, 0.2) is 12.7 Å². The average Bonchev–Trinajstić information content (AvgIpc) is 2.82. The predicted octanol–water partition coefficient (Wildman–Crippen LogP) is 2.61. The molecule has 1 saturated carbocycles. The molecule has 1 amide bonds. The number of carbonyl (C=O) groups is 1. The number of hydrogen-bond acceptors (Lipinski definition) is 4. The highest BCUT2D eigenvalue weighted by atomic mass is 16.6. The molecule has 0 radical (unpaired) electrons. The van der Waals surface area contributed by atoms with Crippen LogP contribution in [0.1, 0.15) is 47.0 Å². The summed E-state index contributed by atoms with van der Waals surface area (Å²) < 4.78 is 11.2. The van der Waals surface area contributed by atoms with E-state index in [0.29, 0.717) is 12.0 Å². The molecule has 5 atom stereocenters. The van der Waals surface area contributed by atoms with Crippen molar-refractivity contribution in [2.45, 2.75) is 76.8 Å². The van der Waals surface area contributed by atoms with Gasteiger partial charge in [0.05, 0.1) is 18.2 Å². The molecule has 5 heteroatoms. The lowest BCUT2D eigenvalue weighted by Gasteiger charge is -2.49. The van der Waals surface area contributed by atoms with Crippen molar-refractivity contribution in [2.75, 3.05) is 6.61 Å². The number of rotatable bonds is 6. The van der Waals surface area contributed by atoms with Crippen LogP contribution in [0.3, 0.4) is 0 Å². The number of hydrogen-bond donors (Lipinski definition) is 2. The first-order valence-corrected chi connectivity index (χ1v) is 8.30. The van der Waals surface area contributed by atoms with Crippen LogP contribution >= 0.6 is 0 Å². The summed E-state index contributed by atoms with van der Waals surface area (Å²) in [6.45, 7) is 12.3. The number of allylic oxidation sites excluding steroid dienone is 1. The van der Waals surface area contributed by atoms with Gasteiger partial charge in [0.15, 0.2) is 0 Å². The van der Waals surface area contributed by atoms with Crippen LogP contribution in [-0.2, 0) is 9.47 Å². The van der Waals surface area contributed by atoms with Crippen molar-refractivity contribution in [3.05, 3.63) is 12.7 Å². The summed E-state index contributed by atoms with van der Waals surface area (Å²) in [5.74, 6) is 0.400. The van der Waals surface area contributed by atoms with Crippen LogP contribution in [0.5, 0.6) is 0 Å². The Morgan fingerprint density at radius 1 is 1.45 bits per heavy atom. The number of ether oxygens (including phenoxy) is 2. The summed E-state index contributed by atoms with van der Waals surface area (Å²) in [4.78, 5) is 12.0. The van der Waals surface area contributed by atoms with Gasteiger partial charge in [0.2, 0.25) is 0 Å². The molecule has 2 aliphatic rings. The summed E-state index contributed by atoms with van der Waals surface area (Å²) >= 11 is 0. The van der Waals surface area contributed by atoms with Gasteiger partial charge >= 0.3 is 6.09 Å². The fourth-order valence-corrected chi connectivity index (χ4v) is 3.33. The summed E-state index contributed by atoms with van der Waals surface area (Å²) in [6.07, 6.45) is 4.84. The Hall–Kier alpha value is -1.07. The van der Waals surface area contributed by atoms with Crippen molar-refractivity contribution in [1.29, 1.82) is 0 Å². The normalized spacial score (nSPS) is 31.8. The Morgan fingerprint density at radius 3 is 2.82 bits per heavy atom. The molecule has 0 aromatic rings. The Kier molecular flexibility index (Phi) is 5.50. The van der Waals surface area contributed by atoms with E-state index < -0.39 is 5.60 Å². The lowest BCUT2D eigenvalue weighted by molar-refractivity contribution is -0.0372. The quantitative estimate of drug-likeness (QED) is 0.740. The fraction of sp³-hybridized carbons (Fsp3) is 0.824. The third-order valence-corrected chi connectivity index (χ3v) is 4.35. The van der Waals surface area contributed by atoms with Gasteiger partial charge in [-0.2, -0.15) is 0 Å². The molecule has 22 heavy (non-hydrogen) atoms. The smallest absolute Gasteiger partial charge is 0.407 e. The molecule has 0 aromatic heterocycles. The largest absolute Gasteiger partial charge is 0.444 e. The zero-order valence-electron chi connectivity index (χ0n) is 14.2. The van der Waals surface area contributed by atoms with Gasteiger partial charge in [0.25, 0.3) is 0 Å². The van der Waals surface area contributed by atoms with E-state index in [1.54, 1.807) is 0 Å². The Morgan fingerprint density at radius 2 is 2.18 bits per heavy atom. The van der Waals surface area contributed by atoms with Crippen molar-refractivity contribution in [2.24, 2.45) is 5.92 Å². The van der Waals surface area contributed by atoms with Crippen LogP contribution in [0.2, 0.25) is 0 Å². The SMILES string of the molecule is C=CCCC(C)NC1C(NC(=O)OC(C)(C)C)C2CCOC21. The molecule has 1 saturated heterocycles. The van der Waals surface area contributed by atoms with Gasteiger partial charge in [-0.05, 0) is 47.0 Å². The number of alkyl carbamates (subject to hydrolysis) is 1. The first-order valence-electron chi connectivity index (χ1n) is 8.30. The van der Waals surface area contributed by atoms with E-state index >= 15 is 0 Å². The summed E-state index contributed by atoms with van der Waals surface area (Å²) in [6, 6.07) is 0.629. The molecular formula is C17H30N2O3. The first-order chi connectivity index (χ1) is 10.3. The molecule has 2 fully saturated rings. The van der Waals surface area contributed by atoms with Gasteiger partial charge in [-0.25, -0.2) is 4.79 Å². The minimum absolute atomic E-state index is 0.0912. The van der Waals surface area contributed by atoms with Gasteiger partial charge in [0.1, 0.15) is 5.60 Å². The predicted molar refractivity (Wildman–Crippen MR) is 86.8 cm³/mol. The number of carbonyl (C=O) groups excluding carboxylic acids is 1. The van der Waals surface area contributed by atoms with Crippen molar-refractivity contribution < 1.29 is 14.3 Å². The topological polar surface area (TPSA) is 59.6 Å². The maximum atomic E-state index is 12.0. The van der Waals surface area contributed by atoms with Crippen LogP contribution in [0.25, 0.3) is 0 Å². The minimum Gasteiger partial charge on any atom is -0.444 e. The molecule has 1 heterocycles. The zero-order chi connectivity index (χ0) is 16.3. The molecule has 2 rings (SSSR count). The molecule has 0 aromatic carbocycles. The van der Waals surface area contributed by atoms with Crippen LogP contribution in [0.4, 0.5) is 4.79 Å². The molecule has 0 spiro atoms. The second-order valence-electron chi connectivity index (χ2n) is 7.42. The maximum Gasteiger partial charge on any atom is 0.407 e. The molecule has 2 N–H and O–H groups in total. The zero-order valence-corrected chi connectivity index (χ0v) is 14.2. The van der Waals surface area contributed by atoms with Crippen LogP contribution in [0, 0.1) is 5.92 Å². The second kappa shape index (κ2) is 7.01. The molecule has 0 bridgehead atoms. The van der Waals surface area contributed by atoms with E-state index in [9.17, 15) is 4.79 Å². The molecule has 1 aliphatic carbocycles. The van der Waals surface area contributed by atoms with Gasteiger partial charge in [-0.15, -0.1) is 6.58 Å². The molecule has 126 valence electrons. The third-order valence-electron chi connectivity index (χ3n) is 4.35. The molecule has 5 nitrogen and oxygen atoms in total. The average molecular weight is 310 g/mol.